The summed E-state index contributed by atoms with van der Waals surface area (Å²) in [5.41, 5.74) is 1.06. The first-order valence-electron chi connectivity index (χ1n) is 8.85. The number of hydrogen-bond acceptors (Lipinski definition) is 3. The SMILES string of the molecule is [B]c1c(CCc2ccc(F)cc2F)nc(C)n(-c2cc(C(=O)O)ccc2C)c1=O. The third kappa shape index (κ3) is 4.11. The molecule has 0 saturated heterocycles. The molecule has 3 aromatic rings. The molecule has 0 spiro atoms. The van der Waals surface area contributed by atoms with Gasteiger partial charge in [0.15, 0.2) is 0 Å². The number of carboxylic acid groups (broad SMARTS) is 1. The van der Waals surface area contributed by atoms with Crippen molar-refractivity contribution in [1.82, 2.24) is 9.55 Å². The number of nitrogens with zero attached hydrogens (tertiary/aromatic N) is 2. The molecule has 1 heterocycles. The summed E-state index contributed by atoms with van der Waals surface area (Å²) in [5, 5.41) is 9.22. The van der Waals surface area contributed by atoms with Crippen molar-refractivity contribution in [3.05, 3.63) is 86.6 Å². The van der Waals surface area contributed by atoms with Crippen molar-refractivity contribution in [2.75, 3.05) is 0 Å². The van der Waals surface area contributed by atoms with E-state index >= 15 is 0 Å². The van der Waals surface area contributed by atoms with Gasteiger partial charge in [-0.2, -0.15) is 0 Å². The van der Waals surface area contributed by atoms with Gasteiger partial charge in [0.05, 0.1) is 11.3 Å². The highest BCUT2D eigenvalue weighted by atomic mass is 19.1. The molecule has 0 aliphatic rings. The zero-order chi connectivity index (χ0) is 21.3. The van der Waals surface area contributed by atoms with E-state index in [0.717, 1.165) is 12.1 Å². The number of aromatic carboxylic acids is 1. The Morgan fingerprint density at radius 2 is 1.86 bits per heavy atom. The minimum atomic E-state index is -1.11. The van der Waals surface area contributed by atoms with Gasteiger partial charge in [0.2, 0.25) is 0 Å². The summed E-state index contributed by atoms with van der Waals surface area (Å²) in [6, 6.07) is 7.75. The molecule has 2 aromatic carbocycles. The van der Waals surface area contributed by atoms with Crippen molar-refractivity contribution in [2.24, 2.45) is 0 Å². The lowest BCUT2D eigenvalue weighted by atomic mass is 9.92. The van der Waals surface area contributed by atoms with Gasteiger partial charge in [0.1, 0.15) is 25.3 Å². The van der Waals surface area contributed by atoms with E-state index in [2.05, 4.69) is 4.98 Å². The largest absolute Gasteiger partial charge is 0.478 e. The highest BCUT2D eigenvalue weighted by molar-refractivity contribution is 6.32. The number of benzene rings is 2. The van der Waals surface area contributed by atoms with Crippen LogP contribution in [0.1, 0.15) is 33.0 Å². The molecule has 29 heavy (non-hydrogen) atoms. The molecule has 0 amide bonds. The highest BCUT2D eigenvalue weighted by Crippen LogP contribution is 2.17. The third-order valence-electron chi connectivity index (χ3n) is 4.71. The van der Waals surface area contributed by atoms with Crippen LogP contribution in [0.25, 0.3) is 5.69 Å². The van der Waals surface area contributed by atoms with E-state index in [9.17, 15) is 23.5 Å². The van der Waals surface area contributed by atoms with Crippen molar-refractivity contribution >= 4 is 19.3 Å². The van der Waals surface area contributed by atoms with Crippen molar-refractivity contribution in [3.63, 3.8) is 0 Å². The van der Waals surface area contributed by atoms with Crippen LogP contribution < -0.4 is 11.0 Å². The van der Waals surface area contributed by atoms with Crippen molar-refractivity contribution in [3.8, 4) is 5.69 Å². The third-order valence-corrected chi connectivity index (χ3v) is 4.71. The summed E-state index contributed by atoms with van der Waals surface area (Å²) in [7, 11) is 6.00. The first kappa shape index (κ1) is 20.4. The lowest BCUT2D eigenvalue weighted by Gasteiger charge is -2.16. The van der Waals surface area contributed by atoms with E-state index in [1.54, 1.807) is 19.9 Å². The van der Waals surface area contributed by atoms with Gasteiger partial charge in [0, 0.05) is 11.8 Å². The van der Waals surface area contributed by atoms with Gasteiger partial charge >= 0.3 is 5.97 Å². The Bertz CT molecular complexity index is 1180. The Hall–Kier alpha value is -3.29. The van der Waals surface area contributed by atoms with Crippen LogP contribution in [0, 0.1) is 25.5 Å². The van der Waals surface area contributed by atoms with E-state index in [-0.39, 0.29) is 23.9 Å². The molecule has 0 atom stereocenters. The fourth-order valence-electron chi connectivity index (χ4n) is 3.13. The molecule has 3 rings (SSSR count). The predicted octanol–water partition coefficient (Wildman–Crippen LogP) is 2.40. The van der Waals surface area contributed by atoms with Gasteiger partial charge in [-0.1, -0.05) is 12.1 Å². The summed E-state index contributed by atoms with van der Waals surface area (Å²) in [6.07, 6.45) is 0.388. The number of halogens is 2. The second-order valence-electron chi connectivity index (χ2n) is 6.70. The highest BCUT2D eigenvalue weighted by Gasteiger charge is 2.16. The van der Waals surface area contributed by atoms with Crippen LogP contribution in [0.2, 0.25) is 0 Å². The van der Waals surface area contributed by atoms with E-state index in [0.29, 0.717) is 28.3 Å². The zero-order valence-electron chi connectivity index (χ0n) is 15.9. The van der Waals surface area contributed by atoms with Crippen molar-refractivity contribution in [2.45, 2.75) is 26.7 Å². The molecule has 2 radical (unpaired) electrons. The average Bonchev–Trinajstić information content (AvgIpc) is 2.66. The molecule has 8 heteroatoms. The van der Waals surface area contributed by atoms with Gasteiger partial charge in [-0.3, -0.25) is 9.36 Å². The fourth-order valence-corrected chi connectivity index (χ4v) is 3.13. The second kappa shape index (κ2) is 7.99. The maximum atomic E-state index is 13.8. The monoisotopic (exact) mass is 394 g/mol. The van der Waals surface area contributed by atoms with E-state index < -0.39 is 23.2 Å². The number of carboxylic acids is 1. The van der Waals surface area contributed by atoms with Crippen molar-refractivity contribution in [1.29, 1.82) is 0 Å². The van der Waals surface area contributed by atoms with Gasteiger partial charge in [-0.05, 0) is 61.5 Å². The predicted molar refractivity (Wildman–Crippen MR) is 105 cm³/mol. The molecule has 1 N–H and O–H groups in total. The summed E-state index contributed by atoms with van der Waals surface area (Å²) in [4.78, 5) is 28.5. The number of carbonyl (C=O) groups is 1. The number of rotatable bonds is 5. The van der Waals surface area contributed by atoms with Crippen LogP contribution in [0.3, 0.4) is 0 Å². The number of aromatic nitrogens is 2. The number of hydrogen-bond donors (Lipinski definition) is 1. The lowest BCUT2D eigenvalue weighted by molar-refractivity contribution is 0.0697. The summed E-state index contributed by atoms with van der Waals surface area (Å²) < 4.78 is 28.1. The van der Waals surface area contributed by atoms with Crippen LogP contribution >= 0.6 is 0 Å². The van der Waals surface area contributed by atoms with Gasteiger partial charge in [0.25, 0.3) is 5.56 Å². The molecule has 0 saturated carbocycles. The fraction of sp³-hybridized carbons (Fsp3) is 0.190. The molecule has 0 unspecified atom stereocenters. The Morgan fingerprint density at radius 1 is 1.14 bits per heavy atom. The minimum Gasteiger partial charge on any atom is -0.478 e. The summed E-state index contributed by atoms with van der Waals surface area (Å²) in [5.74, 6) is -2.13. The minimum absolute atomic E-state index is 0.0336. The lowest BCUT2D eigenvalue weighted by Crippen LogP contribution is -2.39. The molecule has 1 aromatic heterocycles. The topological polar surface area (TPSA) is 72.2 Å². The molecule has 0 aliphatic heterocycles. The smallest absolute Gasteiger partial charge is 0.335 e. The molecule has 0 bridgehead atoms. The molecule has 0 fully saturated rings. The molecule has 5 nitrogen and oxygen atoms in total. The molecular weight excluding hydrogens is 377 g/mol. The van der Waals surface area contributed by atoms with E-state index in [1.165, 1.54) is 22.8 Å². The Balaban J connectivity index is 2.00. The molecule has 146 valence electrons. The van der Waals surface area contributed by atoms with Crippen LogP contribution in [-0.2, 0) is 12.8 Å². The van der Waals surface area contributed by atoms with Crippen LogP contribution in [0.5, 0.6) is 0 Å². The van der Waals surface area contributed by atoms with Crippen LogP contribution in [0.4, 0.5) is 8.78 Å². The molecule has 0 aliphatic carbocycles. The van der Waals surface area contributed by atoms with E-state index in [4.69, 9.17) is 7.85 Å². The summed E-state index contributed by atoms with van der Waals surface area (Å²) in [6.45, 7) is 3.35. The van der Waals surface area contributed by atoms with Gasteiger partial charge in [-0.15, -0.1) is 0 Å². The first-order valence-corrected chi connectivity index (χ1v) is 8.85. The Kier molecular flexibility index (Phi) is 5.63. The normalized spacial score (nSPS) is 10.9. The van der Waals surface area contributed by atoms with Gasteiger partial charge < -0.3 is 5.11 Å². The summed E-state index contributed by atoms with van der Waals surface area (Å²) >= 11 is 0. The average molecular weight is 394 g/mol. The number of aryl methyl sites for hydroxylation is 4. The zero-order valence-corrected chi connectivity index (χ0v) is 15.9. The maximum absolute atomic E-state index is 13.8. The quantitative estimate of drug-likeness (QED) is 0.675. The molecular formula is C21H17BF2N2O3. The van der Waals surface area contributed by atoms with Crippen molar-refractivity contribution < 1.29 is 18.7 Å². The van der Waals surface area contributed by atoms with Crippen LogP contribution in [0.15, 0.2) is 41.2 Å². The second-order valence-corrected chi connectivity index (χ2v) is 6.70. The van der Waals surface area contributed by atoms with Gasteiger partial charge in [-0.25, -0.2) is 18.6 Å². The van der Waals surface area contributed by atoms with E-state index in [1.807, 2.05) is 0 Å². The first-order chi connectivity index (χ1) is 13.7. The van der Waals surface area contributed by atoms with Crippen LogP contribution in [-0.4, -0.2) is 28.5 Å². The maximum Gasteiger partial charge on any atom is 0.335 e. The Morgan fingerprint density at radius 3 is 2.52 bits per heavy atom. The Labute approximate surface area is 167 Å². The standard InChI is InChI=1S/C21H17BF2N2O3/c1-11-3-4-14(21(28)29)9-18(11)26-12(2)25-17(19(22)20(26)27)8-6-13-5-7-15(23)10-16(13)24/h3-5,7,9-10H,6,8H2,1-2H3,(H,28,29).